The number of hydrogen-bond donors (Lipinski definition) is 1. The Bertz CT molecular complexity index is 1120. The first-order chi connectivity index (χ1) is 17.6. The molecule has 2 aliphatic rings. The molecular weight excluding hydrogens is 464 g/mol. The highest BCUT2D eigenvalue weighted by Gasteiger charge is 2.52. The largest absolute Gasteiger partial charge is 0.497 e. The Hall–Kier alpha value is -3.27. The predicted octanol–water partition coefficient (Wildman–Crippen LogP) is 3.64. The molecule has 0 aliphatic carbocycles. The molecule has 0 spiro atoms. The van der Waals surface area contributed by atoms with E-state index in [4.69, 9.17) is 28.4 Å². The summed E-state index contributed by atoms with van der Waals surface area (Å²) in [7, 11) is 1.60. The molecule has 0 bridgehead atoms. The summed E-state index contributed by atoms with van der Waals surface area (Å²) in [5.41, 5.74) is 2.08. The van der Waals surface area contributed by atoms with Gasteiger partial charge >= 0.3 is 5.97 Å². The van der Waals surface area contributed by atoms with Crippen LogP contribution in [-0.2, 0) is 30.3 Å². The lowest BCUT2D eigenvalue weighted by Crippen LogP contribution is -2.63. The Morgan fingerprint density at radius 3 is 2.31 bits per heavy atom. The zero-order chi connectivity index (χ0) is 24.9. The van der Waals surface area contributed by atoms with E-state index in [-0.39, 0.29) is 13.2 Å². The van der Waals surface area contributed by atoms with Crippen molar-refractivity contribution in [3.05, 3.63) is 102 Å². The van der Waals surface area contributed by atoms with Crippen molar-refractivity contribution in [2.24, 2.45) is 0 Å². The van der Waals surface area contributed by atoms with Crippen molar-refractivity contribution in [1.29, 1.82) is 0 Å². The molecule has 0 aromatic heterocycles. The van der Waals surface area contributed by atoms with Gasteiger partial charge in [-0.05, 0) is 29.8 Å². The molecule has 3 aromatic rings. The van der Waals surface area contributed by atoms with Gasteiger partial charge < -0.3 is 33.5 Å². The van der Waals surface area contributed by atoms with E-state index in [9.17, 15) is 9.90 Å². The Morgan fingerprint density at radius 2 is 1.61 bits per heavy atom. The van der Waals surface area contributed by atoms with Crippen molar-refractivity contribution in [2.75, 3.05) is 13.7 Å². The second-order valence-corrected chi connectivity index (χ2v) is 8.60. The summed E-state index contributed by atoms with van der Waals surface area (Å²) in [6.45, 7) is 0.382. The SMILES string of the molecule is COc1ccc(COC2C(OC(=O)c3ccccc3)[C@H](O)OC3COC(c4ccccc4)O[C@@H]32)cc1. The van der Waals surface area contributed by atoms with Crippen molar-refractivity contribution < 1.29 is 38.3 Å². The second-order valence-electron chi connectivity index (χ2n) is 8.60. The minimum atomic E-state index is -1.42. The minimum absolute atomic E-state index is 0.184. The first kappa shape index (κ1) is 24.4. The summed E-state index contributed by atoms with van der Waals surface area (Å²) in [6.07, 6.45) is -5.26. The van der Waals surface area contributed by atoms with Gasteiger partial charge in [-0.2, -0.15) is 0 Å². The van der Waals surface area contributed by atoms with Gasteiger partial charge in [0, 0.05) is 5.56 Å². The maximum absolute atomic E-state index is 12.9. The van der Waals surface area contributed by atoms with Crippen LogP contribution in [0.4, 0.5) is 0 Å². The number of carbonyl (C=O) groups excluding carboxylic acids is 1. The molecule has 2 fully saturated rings. The Morgan fingerprint density at radius 1 is 0.917 bits per heavy atom. The van der Waals surface area contributed by atoms with E-state index in [0.29, 0.717) is 5.56 Å². The number of hydrogen-bond acceptors (Lipinski definition) is 8. The molecule has 188 valence electrons. The van der Waals surface area contributed by atoms with Crippen molar-refractivity contribution in [2.45, 2.75) is 43.6 Å². The van der Waals surface area contributed by atoms with Gasteiger partial charge in [-0.25, -0.2) is 4.79 Å². The monoisotopic (exact) mass is 492 g/mol. The second kappa shape index (κ2) is 11.2. The number of ether oxygens (including phenoxy) is 6. The topological polar surface area (TPSA) is 92.7 Å². The lowest BCUT2D eigenvalue weighted by Gasteiger charge is -2.47. The van der Waals surface area contributed by atoms with Gasteiger partial charge in [-0.1, -0.05) is 60.7 Å². The van der Waals surface area contributed by atoms with Gasteiger partial charge in [0.15, 0.2) is 18.7 Å². The lowest BCUT2D eigenvalue weighted by molar-refractivity contribution is -0.359. The molecule has 5 rings (SSSR count). The number of carbonyl (C=O) groups is 1. The quantitative estimate of drug-likeness (QED) is 0.500. The van der Waals surface area contributed by atoms with Gasteiger partial charge in [-0.15, -0.1) is 0 Å². The average molecular weight is 493 g/mol. The molecule has 8 nitrogen and oxygen atoms in total. The zero-order valence-electron chi connectivity index (χ0n) is 19.8. The maximum atomic E-state index is 12.9. The van der Waals surface area contributed by atoms with Crippen LogP contribution in [0.1, 0.15) is 27.8 Å². The van der Waals surface area contributed by atoms with E-state index in [2.05, 4.69) is 0 Å². The van der Waals surface area contributed by atoms with Crippen LogP contribution in [-0.4, -0.2) is 55.5 Å². The van der Waals surface area contributed by atoms with E-state index in [1.54, 1.807) is 37.4 Å². The van der Waals surface area contributed by atoms with E-state index in [1.807, 2.05) is 54.6 Å². The smallest absolute Gasteiger partial charge is 0.338 e. The lowest BCUT2D eigenvalue weighted by atomic mass is 9.97. The highest BCUT2D eigenvalue weighted by atomic mass is 16.7. The number of aliphatic hydroxyl groups is 1. The number of methoxy groups -OCH3 is 1. The van der Waals surface area contributed by atoms with Crippen LogP contribution in [0, 0.1) is 0 Å². The highest BCUT2D eigenvalue weighted by molar-refractivity contribution is 5.89. The minimum Gasteiger partial charge on any atom is -0.497 e. The third kappa shape index (κ3) is 5.43. The molecule has 2 heterocycles. The first-order valence-corrected chi connectivity index (χ1v) is 11.8. The molecule has 2 aliphatic heterocycles. The average Bonchev–Trinajstić information content (AvgIpc) is 2.94. The van der Waals surface area contributed by atoms with Gasteiger partial charge in [0.2, 0.25) is 0 Å². The van der Waals surface area contributed by atoms with E-state index >= 15 is 0 Å². The first-order valence-electron chi connectivity index (χ1n) is 11.8. The summed E-state index contributed by atoms with van der Waals surface area (Å²) in [4.78, 5) is 12.9. The summed E-state index contributed by atoms with van der Waals surface area (Å²) in [5.74, 6) is 0.139. The third-order valence-corrected chi connectivity index (χ3v) is 6.23. The number of esters is 1. The zero-order valence-corrected chi connectivity index (χ0v) is 19.8. The third-order valence-electron chi connectivity index (χ3n) is 6.23. The van der Waals surface area contributed by atoms with Crippen molar-refractivity contribution in [3.8, 4) is 5.75 Å². The normalized spacial score (nSPS) is 27.6. The fourth-order valence-electron chi connectivity index (χ4n) is 4.34. The summed E-state index contributed by atoms with van der Waals surface area (Å²) < 4.78 is 35.2. The van der Waals surface area contributed by atoms with Crippen LogP contribution >= 0.6 is 0 Å². The fraction of sp³-hybridized carbons (Fsp3) is 0.321. The molecule has 0 amide bonds. The van der Waals surface area contributed by atoms with Gasteiger partial charge in [0.25, 0.3) is 0 Å². The van der Waals surface area contributed by atoms with Crippen LogP contribution in [0.25, 0.3) is 0 Å². The van der Waals surface area contributed by atoms with Crippen LogP contribution < -0.4 is 4.74 Å². The highest BCUT2D eigenvalue weighted by Crippen LogP contribution is 2.36. The number of benzene rings is 3. The molecule has 1 N–H and O–H groups in total. The fourth-order valence-corrected chi connectivity index (χ4v) is 4.34. The van der Waals surface area contributed by atoms with E-state index in [0.717, 1.165) is 16.9 Å². The molecule has 6 atom stereocenters. The molecule has 8 heteroatoms. The standard InChI is InChI=1S/C28H28O8/c1-31-21-14-12-18(13-15-21)16-32-24-23-22(17-33-28(36-23)20-10-6-3-7-11-20)34-27(30)25(24)35-26(29)19-8-4-2-5-9-19/h2-15,22-25,27-28,30H,16-17H2,1H3/t22?,23-,24?,25?,27+,28?/m0/s1. The predicted molar refractivity (Wildman–Crippen MR) is 128 cm³/mol. The van der Waals surface area contributed by atoms with Crippen LogP contribution in [0.5, 0.6) is 5.75 Å². The van der Waals surface area contributed by atoms with Crippen LogP contribution in [0.15, 0.2) is 84.9 Å². The molecule has 4 unspecified atom stereocenters. The summed E-state index contributed by atoms with van der Waals surface area (Å²) in [5, 5.41) is 10.8. The van der Waals surface area contributed by atoms with Crippen LogP contribution in [0.2, 0.25) is 0 Å². The molecule has 3 aromatic carbocycles. The number of rotatable bonds is 7. The molecule has 36 heavy (non-hydrogen) atoms. The van der Waals surface area contributed by atoms with E-state index < -0.39 is 43.0 Å². The van der Waals surface area contributed by atoms with E-state index in [1.165, 1.54) is 0 Å². The van der Waals surface area contributed by atoms with Crippen LogP contribution in [0.3, 0.4) is 0 Å². The molecule has 2 saturated heterocycles. The molecular formula is C28H28O8. The van der Waals surface area contributed by atoms with Gasteiger partial charge in [-0.3, -0.25) is 0 Å². The van der Waals surface area contributed by atoms with Gasteiger partial charge in [0.05, 0.1) is 25.9 Å². The summed E-state index contributed by atoms with van der Waals surface area (Å²) in [6, 6.07) is 25.5. The molecule has 0 radical (unpaired) electrons. The number of fused-ring (bicyclic) bond motifs is 1. The Balaban J connectivity index is 1.39. The summed E-state index contributed by atoms with van der Waals surface area (Å²) >= 11 is 0. The Labute approximate surface area is 209 Å². The van der Waals surface area contributed by atoms with Crippen molar-refractivity contribution >= 4 is 5.97 Å². The Kier molecular flexibility index (Phi) is 7.60. The molecule has 0 saturated carbocycles. The number of aliphatic hydroxyl groups excluding tert-OH is 1. The van der Waals surface area contributed by atoms with Crippen molar-refractivity contribution in [3.63, 3.8) is 0 Å². The van der Waals surface area contributed by atoms with Crippen molar-refractivity contribution in [1.82, 2.24) is 0 Å². The maximum Gasteiger partial charge on any atom is 0.338 e. The van der Waals surface area contributed by atoms with Gasteiger partial charge in [0.1, 0.15) is 24.1 Å².